The van der Waals surface area contributed by atoms with E-state index in [2.05, 4.69) is 5.32 Å². The van der Waals surface area contributed by atoms with E-state index < -0.39 is 0 Å². The van der Waals surface area contributed by atoms with Crippen LogP contribution in [-0.4, -0.2) is 38.9 Å². The van der Waals surface area contributed by atoms with Crippen molar-refractivity contribution in [1.82, 2.24) is 5.32 Å². The van der Waals surface area contributed by atoms with E-state index in [1.807, 2.05) is 31.1 Å². The minimum absolute atomic E-state index is 0.0475. The number of aromatic hydroxyl groups is 1. The van der Waals surface area contributed by atoms with Crippen LogP contribution >= 0.6 is 0 Å². The molecule has 1 unspecified atom stereocenters. The molecule has 0 aromatic heterocycles. The molecular formula is C12H18N2O2. The van der Waals surface area contributed by atoms with Crippen molar-refractivity contribution in [3.8, 4) is 5.75 Å². The Morgan fingerprint density at radius 1 is 1.44 bits per heavy atom. The fourth-order valence-electron chi connectivity index (χ4n) is 1.84. The highest BCUT2D eigenvalue weighted by Gasteiger charge is 2.19. The molecule has 0 radical (unpaired) electrons. The van der Waals surface area contributed by atoms with Gasteiger partial charge in [-0.25, -0.2) is 0 Å². The van der Waals surface area contributed by atoms with Gasteiger partial charge in [0.1, 0.15) is 5.75 Å². The minimum atomic E-state index is -0.0475. The molecular weight excluding hydrogens is 204 g/mol. The number of phenols is 1. The molecule has 1 atom stereocenters. The first-order valence-electron chi connectivity index (χ1n) is 5.51. The predicted molar refractivity (Wildman–Crippen MR) is 64.0 cm³/mol. The van der Waals surface area contributed by atoms with Gasteiger partial charge in [-0.05, 0) is 18.2 Å². The van der Waals surface area contributed by atoms with Crippen LogP contribution in [0.3, 0.4) is 0 Å². The second-order valence-electron chi connectivity index (χ2n) is 4.20. The number of phenolic OH excluding ortho intramolecular Hbond substituents is 1. The molecule has 1 saturated heterocycles. The third kappa shape index (κ3) is 2.28. The Morgan fingerprint density at radius 2 is 2.25 bits per heavy atom. The molecule has 0 bridgehead atoms. The number of anilines is 1. The molecule has 0 saturated carbocycles. The van der Waals surface area contributed by atoms with E-state index in [4.69, 9.17) is 4.74 Å². The summed E-state index contributed by atoms with van der Waals surface area (Å²) in [6.07, 6.45) is -0.0475. The average molecular weight is 222 g/mol. The first-order chi connectivity index (χ1) is 7.68. The van der Waals surface area contributed by atoms with E-state index in [0.717, 1.165) is 24.3 Å². The van der Waals surface area contributed by atoms with Crippen molar-refractivity contribution < 1.29 is 9.84 Å². The third-order valence-electron chi connectivity index (χ3n) is 2.80. The van der Waals surface area contributed by atoms with Gasteiger partial charge in [-0.1, -0.05) is 0 Å². The van der Waals surface area contributed by atoms with Crippen LogP contribution in [0, 0.1) is 0 Å². The zero-order chi connectivity index (χ0) is 11.5. The van der Waals surface area contributed by atoms with E-state index in [9.17, 15) is 5.11 Å². The zero-order valence-electron chi connectivity index (χ0n) is 9.73. The van der Waals surface area contributed by atoms with E-state index in [1.54, 1.807) is 6.07 Å². The summed E-state index contributed by atoms with van der Waals surface area (Å²) in [4.78, 5) is 2.01. The largest absolute Gasteiger partial charge is 0.508 e. The first-order valence-corrected chi connectivity index (χ1v) is 5.51. The van der Waals surface area contributed by atoms with Gasteiger partial charge in [-0.2, -0.15) is 0 Å². The molecule has 2 rings (SSSR count). The number of benzene rings is 1. The Labute approximate surface area is 95.8 Å². The monoisotopic (exact) mass is 222 g/mol. The van der Waals surface area contributed by atoms with Gasteiger partial charge in [-0.15, -0.1) is 0 Å². The van der Waals surface area contributed by atoms with Crippen LogP contribution in [0.15, 0.2) is 18.2 Å². The molecule has 88 valence electrons. The van der Waals surface area contributed by atoms with Crippen molar-refractivity contribution in [2.75, 3.05) is 38.7 Å². The predicted octanol–water partition coefficient (Wildman–Crippen LogP) is 1.12. The Balaban J connectivity index is 2.27. The van der Waals surface area contributed by atoms with E-state index >= 15 is 0 Å². The Bertz CT molecular complexity index is 360. The fraction of sp³-hybridized carbons (Fsp3) is 0.500. The summed E-state index contributed by atoms with van der Waals surface area (Å²) in [5.74, 6) is 0.305. The van der Waals surface area contributed by atoms with Crippen molar-refractivity contribution in [2.24, 2.45) is 0 Å². The van der Waals surface area contributed by atoms with Crippen molar-refractivity contribution in [1.29, 1.82) is 0 Å². The van der Waals surface area contributed by atoms with Crippen LogP contribution in [0.4, 0.5) is 5.69 Å². The van der Waals surface area contributed by atoms with Crippen LogP contribution < -0.4 is 10.2 Å². The van der Waals surface area contributed by atoms with Gasteiger partial charge >= 0.3 is 0 Å². The van der Waals surface area contributed by atoms with Crippen LogP contribution in [0.25, 0.3) is 0 Å². The molecule has 16 heavy (non-hydrogen) atoms. The summed E-state index contributed by atoms with van der Waals surface area (Å²) in [6, 6.07) is 5.60. The molecule has 1 fully saturated rings. The fourth-order valence-corrected chi connectivity index (χ4v) is 1.84. The molecule has 4 heteroatoms. The lowest BCUT2D eigenvalue weighted by Crippen LogP contribution is -2.33. The SMILES string of the molecule is CN(C)c1ccc(O)c(C2CNCCO2)c1. The van der Waals surface area contributed by atoms with Crippen molar-refractivity contribution in [2.45, 2.75) is 6.10 Å². The smallest absolute Gasteiger partial charge is 0.121 e. The lowest BCUT2D eigenvalue weighted by Gasteiger charge is -2.25. The average Bonchev–Trinajstić information content (AvgIpc) is 2.30. The van der Waals surface area contributed by atoms with Gasteiger partial charge in [0.2, 0.25) is 0 Å². The van der Waals surface area contributed by atoms with Crippen LogP contribution in [0.1, 0.15) is 11.7 Å². The number of hydrogen-bond donors (Lipinski definition) is 2. The van der Waals surface area contributed by atoms with Crippen molar-refractivity contribution in [3.05, 3.63) is 23.8 Å². The van der Waals surface area contributed by atoms with Crippen LogP contribution in [0.2, 0.25) is 0 Å². The Hall–Kier alpha value is -1.26. The summed E-state index contributed by atoms with van der Waals surface area (Å²) in [7, 11) is 3.96. The van der Waals surface area contributed by atoms with E-state index in [-0.39, 0.29) is 6.10 Å². The van der Waals surface area contributed by atoms with Crippen molar-refractivity contribution in [3.63, 3.8) is 0 Å². The highest BCUT2D eigenvalue weighted by molar-refractivity contribution is 5.52. The molecule has 0 aliphatic carbocycles. The zero-order valence-corrected chi connectivity index (χ0v) is 9.73. The maximum absolute atomic E-state index is 9.84. The van der Waals surface area contributed by atoms with Gasteiger partial charge in [0.05, 0.1) is 12.7 Å². The summed E-state index contributed by atoms with van der Waals surface area (Å²) < 4.78 is 5.64. The second-order valence-corrected chi connectivity index (χ2v) is 4.20. The van der Waals surface area contributed by atoms with Gasteiger partial charge in [0.15, 0.2) is 0 Å². The normalized spacial score (nSPS) is 20.8. The number of nitrogens with one attached hydrogen (secondary N) is 1. The summed E-state index contributed by atoms with van der Waals surface area (Å²) >= 11 is 0. The lowest BCUT2D eigenvalue weighted by atomic mass is 10.1. The molecule has 4 nitrogen and oxygen atoms in total. The number of hydrogen-bond acceptors (Lipinski definition) is 4. The molecule has 1 aliphatic rings. The number of morpholine rings is 1. The third-order valence-corrected chi connectivity index (χ3v) is 2.80. The quantitative estimate of drug-likeness (QED) is 0.787. The van der Waals surface area contributed by atoms with Crippen LogP contribution in [0.5, 0.6) is 5.75 Å². The highest BCUT2D eigenvalue weighted by Crippen LogP contribution is 2.30. The summed E-state index contributed by atoms with van der Waals surface area (Å²) in [5.41, 5.74) is 1.93. The Morgan fingerprint density at radius 3 is 2.88 bits per heavy atom. The molecule has 1 aromatic carbocycles. The van der Waals surface area contributed by atoms with Crippen LogP contribution in [-0.2, 0) is 4.74 Å². The molecule has 0 spiro atoms. The maximum Gasteiger partial charge on any atom is 0.121 e. The molecule has 1 heterocycles. The number of ether oxygens (including phenoxy) is 1. The van der Waals surface area contributed by atoms with E-state index in [0.29, 0.717) is 12.4 Å². The lowest BCUT2D eigenvalue weighted by molar-refractivity contribution is 0.0263. The molecule has 0 amide bonds. The maximum atomic E-state index is 9.84. The first kappa shape index (κ1) is 11.2. The van der Waals surface area contributed by atoms with Gasteiger partial charge in [0, 0.05) is 38.4 Å². The number of nitrogens with zero attached hydrogens (tertiary/aromatic N) is 1. The van der Waals surface area contributed by atoms with Crippen molar-refractivity contribution >= 4 is 5.69 Å². The Kier molecular flexibility index (Phi) is 3.31. The minimum Gasteiger partial charge on any atom is -0.508 e. The van der Waals surface area contributed by atoms with Gasteiger partial charge in [0.25, 0.3) is 0 Å². The summed E-state index contributed by atoms with van der Waals surface area (Å²) in [5, 5.41) is 13.1. The highest BCUT2D eigenvalue weighted by atomic mass is 16.5. The van der Waals surface area contributed by atoms with E-state index in [1.165, 1.54) is 0 Å². The topological polar surface area (TPSA) is 44.7 Å². The standard InChI is InChI=1S/C12H18N2O2/c1-14(2)9-3-4-11(15)10(7-9)12-8-13-5-6-16-12/h3-4,7,12-13,15H,5-6,8H2,1-2H3. The van der Waals surface area contributed by atoms with Gasteiger partial charge in [-0.3, -0.25) is 0 Å². The second kappa shape index (κ2) is 4.72. The molecule has 2 N–H and O–H groups in total. The summed E-state index contributed by atoms with van der Waals surface area (Å²) in [6.45, 7) is 2.32. The van der Waals surface area contributed by atoms with Gasteiger partial charge < -0.3 is 20.1 Å². The molecule has 1 aliphatic heterocycles. The number of rotatable bonds is 2. The molecule has 1 aromatic rings.